The molecule has 0 aliphatic rings. The summed E-state index contributed by atoms with van der Waals surface area (Å²) in [6.07, 6.45) is 3.96. The molecule has 0 spiro atoms. The van der Waals surface area contributed by atoms with E-state index in [9.17, 15) is 9.59 Å². The maximum atomic E-state index is 11.0. The van der Waals surface area contributed by atoms with Crippen LogP contribution in [0.5, 0.6) is 0 Å². The van der Waals surface area contributed by atoms with Crippen LogP contribution in [0.3, 0.4) is 0 Å². The molecule has 0 saturated carbocycles. The van der Waals surface area contributed by atoms with Crippen molar-refractivity contribution < 1.29 is 19.3 Å². The molecule has 7 heteroatoms. The van der Waals surface area contributed by atoms with Crippen LogP contribution < -0.4 is 16.9 Å². The monoisotopic (exact) mass is 245 g/mol. The van der Waals surface area contributed by atoms with Crippen LogP contribution in [0.25, 0.3) is 0 Å². The van der Waals surface area contributed by atoms with E-state index in [0.717, 1.165) is 6.29 Å². The second-order valence-corrected chi connectivity index (χ2v) is 4.00. The third-order valence-corrected chi connectivity index (χ3v) is 2.40. The van der Waals surface area contributed by atoms with E-state index < -0.39 is 6.04 Å². The van der Waals surface area contributed by atoms with Crippen LogP contribution in [0.1, 0.15) is 12.8 Å². The van der Waals surface area contributed by atoms with Crippen molar-refractivity contribution in [1.82, 2.24) is 5.32 Å². The fraction of sp³-hybridized carbons (Fsp3) is 0.600. The maximum Gasteiger partial charge on any atom is 0.207 e. The summed E-state index contributed by atoms with van der Waals surface area (Å²) in [7, 11) is 1.62. The van der Waals surface area contributed by atoms with E-state index in [-0.39, 0.29) is 16.9 Å². The van der Waals surface area contributed by atoms with Gasteiger partial charge in [0.15, 0.2) is 12.3 Å². The molecule has 0 aromatic heterocycles. The first-order chi connectivity index (χ1) is 7.97. The first-order valence-electron chi connectivity index (χ1n) is 5.32. The highest BCUT2D eigenvalue weighted by Gasteiger charge is 2.27. The van der Waals surface area contributed by atoms with Gasteiger partial charge in [0, 0.05) is 13.0 Å². The molecule has 98 valence electrons. The maximum absolute atomic E-state index is 11.0. The number of rotatable bonds is 9. The van der Waals surface area contributed by atoms with Gasteiger partial charge in [0.2, 0.25) is 6.41 Å². The lowest BCUT2D eigenvalue weighted by atomic mass is 10.1. The molecule has 17 heavy (non-hydrogen) atoms. The average Bonchev–Trinajstić information content (AvgIpc) is 2.28. The van der Waals surface area contributed by atoms with Crippen molar-refractivity contribution in [3.63, 3.8) is 0 Å². The summed E-state index contributed by atoms with van der Waals surface area (Å²) < 4.78 is -0.211. The molecule has 2 atom stereocenters. The minimum Gasteiger partial charge on any atom is -0.396 e. The molecule has 0 aliphatic heterocycles. The minimum atomic E-state index is -0.464. The number of likely N-dealkylation sites (N-methyl/N-ethyl adjacent to an activating group) is 1. The zero-order chi connectivity index (χ0) is 13.3. The molecular weight excluding hydrogens is 224 g/mol. The fourth-order valence-corrected chi connectivity index (χ4v) is 1.44. The van der Waals surface area contributed by atoms with Crippen LogP contribution in [0, 0.1) is 0 Å². The lowest BCUT2D eigenvalue weighted by molar-refractivity contribution is -0.887. The molecule has 0 heterocycles. The summed E-state index contributed by atoms with van der Waals surface area (Å²) in [6.45, 7) is 0.191. The molecule has 0 aromatic carbocycles. The van der Waals surface area contributed by atoms with E-state index in [2.05, 4.69) is 5.32 Å². The van der Waals surface area contributed by atoms with Gasteiger partial charge in [-0.25, -0.2) is 4.59 Å². The van der Waals surface area contributed by atoms with Crippen molar-refractivity contribution in [1.29, 1.82) is 0 Å². The second kappa shape index (κ2) is 7.77. The Morgan fingerprint density at radius 2 is 2.18 bits per heavy atom. The third kappa shape index (κ3) is 6.00. The molecule has 0 fully saturated rings. The molecule has 0 radical (unpaired) electrons. The quantitative estimate of drug-likeness (QED) is 0.126. The van der Waals surface area contributed by atoms with Crippen LogP contribution in [-0.4, -0.2) is 48.6 Å². The molecule has 0 rings (SSSR count). The van der Waals surface area contributed by atoms with Gasteiger partial charge in [0.1, 0.15) is 6.20 Å². The fourth-order valence-electron chi connectivity index (χ4n) is 1.44. The zero-order valence-electron chi connectivity index (χ0n) is 10.0. The average molecular weight is 245 g/mol. The number of carbonyl (C=O) groups is 2. The van der Waals surface area contributed by atoms with Crippen molar-refractivity contribution in [2.24, 2.45) is 11.6 Å². The summed E-state index contributed by atoms with van der Waals surface area (Å²) >= 11 is 0. The number of aliphatic hydroxyl groups excluding tert-OH is 1. The van der Waals surface area contributed by atoms with Crippen LogP contribution in [0.4, 0.5) is 0 Å². The van der Waals surface area contributed by atoms with Gasteiger partial charge in [-0.05, 0) is 6.42 Å². The Morgan fingerprint density at radius 1 is 1.53 bits per heavy atom. The van der Waals surface area contributed by atoms with E-state index in [4.69, 9.17) is 16.7 Å². The van der Waals surface area contributed by atoms with Gasteiger partial charge >= 0.3 is 0 Å². The molecule has 0 bridgehead atoms. The smallest absolute Gasteiger partial charge is 0.207 e. The summed E-state index contributed by atoms with van der Waals surface area (Å²) in [5, 5.41) is 11.3. The Hall–Kier alpha value is -1.44. The third-order valence-electron chi connectivity index (χ3n) is 2.40. The van der Waals surface area contributed by atoms with Crippen molar-refractivity contribution in [2.45, 2.75) is 18.9 Å². The van der Waals surface area contributed by atoms with Crippen LogP contribution >= 0.6 is 0 Å². The lowest BCUT2D eigenvalue weighted by Gasteiger charge is -2.29. The van der Waals surface area contributed by atoms with Gasteiger partial charge in [0.05, 0.1) is 19.4 Å². The highest BCUT2D eigenvalue weighted by Crippen LogP contribution is 2.09. The number of aliphatic hydroxyl groups is 1. The van der Waals surface area contributed by atoms with E-state index in [1.165, 1.54) is 6.20 Å². The first kappa shape index (κ1) is 15.6. The topological polar surface area (TPSA) is 118 Å². The van der Waals surface area contributed by atoms with Gasteiger partial charge in [-0.2, -0.15) is 5.84 Å². The number of hydrogen-bond acceptors (Lipinski definition) is 5. The highest BCUT2D eigenvalue weighted by atomic mass is 16.3. The second-order valence-electron chi connectivity index (χ2n) is 4.00. The molecule has 0 aliphatic carbocycles. The predicted molar refractivity (Wildman–Crippen MR) is 62.9 cm³/mol. The van der Waals surface area contributed by atoms with Crippen molar-refractivity contribution in [3.05, 3.63) is 11.9 Å². The summed E-state index contributed by atoms with van der Waals surface area (Å²) in [5.74, 6) is 5.91. The number of amides is 1. The van der Waals surface area contributed by atoms with Gasteiger partial charge in [-0.1, -0.05) is 0 Å². The molecule has 7 nitrogen and oxygen atoms in total. The summed E-state index contributed by atoms with van der Waals surface area (Å²) in [4.78, 5) is 21.0. The predicted octanol–water partition coefficient (Wildman–Crippen LogP) is -1.81. The molecular formula is C10H21N4O3+. The molecule has 1 amide bonds. The Morgan fingerprint density at radius 3 is 2.65 bits per heavy atom. The number of hydrogen-bond donors (Lipinski definition) is 4. The van der Waals surface area contributed by atoms with E-state index in [0.29, 0.717) is 25.8 Å². The summed E-state index contributed by atoms with van der Waals surface area (Å²) in [5.41, 5.74) is 5.68. The number of nitrogens with two attached hydrogens (primary N) is 2. The molecule has 0 saturated heterocycles. The Labute approximate surface area is 101 Å². The van der Waals surface area contributed by atoms with E-state index in [1.807, 2.05) is 0 Å². The Balaban J connectivity index is 4.41. The summed E-state index contributed by atoms with van der Waals surface area (Å²) in [6, 6.07) is -0.464. The minimum absolute atomic E-state index is 0.211. The standard InChI is InChI=1S/C10H20N4O3/c1-14(12,5-9(11)6-15)10(7-16)3-2-4-13-8-17/h5,7-8,10,15H,2-4,6,11-12H2,1H3/p+1/b9-5-/t10-,14?/m1/s1. The van der Waals surface area contributed by atoms with Gasteiger partial charge in [-0.15, -0.1) is 0 Å². The van der Waals surface area contributed by atoms with Crippen molar-refractivity contribution in [2.75, 3.05) is 20.2 Å². The number of nitrogens with zero attached hydrogens (tertiary/aromatic N) is 1. The van der Waals surface area contributed by atoms with Gasteiger partial charge in [0.25, 0.3) is 0 Å². The first-order valence-corrected chi connectivity index (χ1v) is 5.32. The van der Waals surface area contributed by atoms with E-state index >= 15 is 0 Å². The largest absolute Gasteiger partial charge is 0.396 e. The van der Waals surface area contributed by atoms with Crippen molar-refractivity contribution >= 4 is 12.7 Å². The number of carbonyl (C=O) groups excluding carboxylic acids is 2. The normalized spacial score (nSPS) is 17.0. The zero-order valence-corrected chi connectivity index (χ0v) is 10.0. The van der Waals surface area contributed by atoms with Gasteiger partial charge in [-0.3, -0.25) is 9.59 Å². The molecule has 0 aromatic rings. The lowest BCUT2D eigenvalue weighted by Crippen LogP contribution is -2.55. The van der Waals surface area contributed by atoms with Gasteiger partial charge < -0.3 is 16.2 Å². The van der Waals surface area contributed by atoms with Crippen molar-refractivity contribution in [3.8, 4) is 0 Å². The molecule has 6 N–H and O–H groups in total. The number of aldehydes is 1. The van der Waals surface area contributed by atoms with Crippen LogP contribution in [0.2, 0.25) is 0 Å². The number of nitrogens with one attached hydrogen (secondary N) is 1. The van der Waals surface area contributed by atoms with Crippen LogP contribution in [0.15, 0.2) is 11.9 Å². The van der Waals surface area contributed by atoms with Crippen LogP contribution in [-0.2, 0) is 9.59 Å². The number of quaternary nitrogens is 1. The SMILES string of the molecule is C[N+](N)(/C=C(\N)CO)[C@@H](C=O)CCCNC=O. The molecule has 1 unspecified atom stereocenters. The highest BCUT2D eigenvalue weighted by molar-refractivity contribution is 5.55. The Bertz CT molecular complexity index is 279. The van der Waals surface area contributed by atoms with E-state index in [1.54, 1.807) is 7.05 Å². The Kier molecular flexibility index (Phi) is 7.11.